The van der Waals surface area contributed by atoms with Crippen molar-refractivity contribution in [3.63, 3.8) is 0 Å². The zero-order valence-corrected chi connectivity index (χ0v) is 12.6. The van der Waals surface area contributed by atoms with Crippen molar-refractivity contribution in [3.05, 3.63) is 35.4 Å². The largest absolute Gasteiger partial charge is 0.488 e. The van der Waals surface area contributed by atoms with Gasteiger partial charge in [0.25, 0.3) is 5.91 Å². The average molecular weight is 286 g/mol. The molecule has 1 amide bonds. The number of likely N-dealkylation sites (tertiary alicyclic amines) is 1. The van der Waals surface area contributed by atoms with Gasteiger partial charge in [0.05, 0.1) is 5.57 Å². The minimum Gasteiger partial charge on any atom is -0.488 e. The van der Waals surface area contributed by atoms with Crippen molar-refractivity contribution in [3.8, 4) is 5.75 Å². The number of carbonyl (C=O) groups excluding carboxylic acids is 1. The normalized spacial score (nSPS) is 23.9. The van der Waals surface area contributed by atoms with Gasteiger partial charge in [0.15, 0.2) is 0 Å². The summed E-state index contributed by atoms with van der Waals surface area (Å²) in [4.78, 5) is 14.6. The molecule has 1 atom stereocenters. The Balaban J connectivity index is 1.79. The predicted molar refractivity (Wildman–Crippen MR) is 82.9 cm³/mol. The van der Waals surface area contributed by atoms with E-state index in [-0.39, 0.29) is 17.4 Å². The smallest absolute Gasteiger partial charge is 0.253 e. The van der Waals surface area contributed by atoms with Crippen LogP contribution in [0.5, 0.6) is 5.75 Å². The minimum atomic E-state index is -0.0398. The number of nitrogens with zero attached hydrogens (tertiary/aromatic N) is 1. The van der Waals surface area contributed by atoms with Gasteiger partial charge in [-0.1, -0.05) is 32.0 Å². The number of para-hydroxylation sites is 1. The molecule has 2 heterocycles. The summed E-state index contributed by atoms with van der Waals surface area (Å²) in [5, 5.41) is 0. The number of benzene rings is 1. The SMILES string of the molecule is CC1(C)CN(C(=O)C2=Cc3ccccc3OC2)CCC1N. The first-order valence-corrected chi connectivity index (χ1v) is 7.45. The van der Waals surface area contributed by atoms with E-state index in [0.29, 0.717) is 13.2 Å². The summed E-state index contributed by atoms with van der Waals surface area (Å²) in [5.74, 6) is 0.916. The fraction of sp³-hybridized carbons (Fsp3) is 0.471. The number of rotatable bonds is 1. The zero-order chi connectivity index (χ0) is 15.0. The van der Waals surface area contributed by atoms with Gasteiger partial charge < -0.3 is 15.4 Å². The van der Waals surface area contributed by atoms with Crippen molar-refractivity contribution in [2.45, 2.75) is 26.3 Å². The molecule has 1 unspecified atom stereocenters. The molecule has 1 aromatic carbocycles. The van der Waals surface area contributed by atoms with Crippen molar-refractivity contribution >= 4 is 12.0 Å². The number of ether oxygens (including phenoxy) is 1. The monoisotopic (exact) mass is 286 g/mol. The van der Waals surface area contributed by atoms with E-state index in [0.717, 1.165) is 29.9 Å². The lowest BCUT2D eigenvalue weighted by molar-refractivity contribution is -0.130. The van der Waals surface area contributed by atoms with Crippen LogP contribution in [0.3, 0.4) is 0 Å². The van der Waals surface area contributed by atoms with Crippen molar-refractivity contribution in [1.82, 2.24) is 4.90 Å². The molecule has 0 aliphatic carbocycles. The van der Waals surface area contributed by atoms with E-state index in [9.17, 15) is 4.79 Å². The third-order valence-corrected chi connectivity index (χ3v) is 4.51. The highest BCUT2D eigenvalue weighted by atomic mass is 16.5. The van der Waals surface area contributed by atoms with Gasteiger partial charge in [-0.25, -0.2) is 0 Å². The third-order valence-electron chi connectivity index (χ3n) is 4.51. The standard InChI is InChI=1S/C17H22N2O2/c1-17(2)11-19(8-7-15(17)18)16(20)13-9-12-5-3-4-6-14(12)21-10-13/h3-6,9,15H,7-8,10-11,18H2,1-2H3. The second-order valence-electron chi connectivity index (χ2n) is 6.61. The fourth-order valence-electron chi connectivity index (χ4n) is 2.99. The second kappa shape index (κ2) is 5.19. The minimum absolute atomic E-state index is 0.0398. The van der Waals surface area contributed by atoms with E-state index in [1.165, 1.54) is 0 Å². The second-order valence-corrected chi connectivity index (χ2v) is 6.61. The van der Waals surface area contributed by atoms with Gasteiger partial charge in [0.2, 0.25) is 0 Å². The van der Waals surface area contributed by atoms with Gasteiger partial charge in [0.1, 0.15) is 12.4 Å². The molecule has 2 aliphatic heterocycles. The number of hydrogen-bond acceptors (Lipinski definition) is 3. The number of nitrogens with two attached hydrogens (primary N) is 1. The molecule has 0 bridgehead atoms. The highest BCUT2D eigenvalue weighted by Gasteiger charge is 2.36. The summed E-state index contributed by atoms with van der Waals surface area (Å²) in [6, 6.07) is 7.94. The van der Waals surface area contributed by atoms with E-state index in [1.54, 1.807) is 0 Å². The Morgan fingerprint density at radius 1 is 1.38 bits per heavy atom. The van der Waals surface area contributed by atoms with E-state index >= 15 is 0 Å². The van der Waals surface area contributed by atoms with Crippen LogP contribution in [0, 0.1) is 5.41 Å². The summed E-state index contributed by atoms with van der Waals surface area (Å²) in [5.41, 5.74) is 7.79. The Labute approximate surface area is 125 Å². The van der Waals surface area contributed by atoms with Gasteiger partial charge in [0, 0.05) is 24.7 Å². The molecule has 4 heteroatoms. The molecule has 0 spiro atoms. The summed E-state index contributed by atoms with van der Waals surface area (Å²) >= 11 is 0. The van der Waals surface area contributed by atoms with Crippen molar-refractivity contribution in [1.29, 1.82) is 0 Å². The van der Waals surface area contributed by atoms with Crippen LogP contribution in [0.2, 0.25) is 0 Å². The number of amides is 1. The Hall–Kier alpha value is -1.81. The highest BCUT2D eigenvalue weighted by Crippen LogP contribution is 2.30. The molecule has 0 saturated carbocycles. The maximum atomic E-state index is 12.7. The first-order chi connectivity index (χ1) is 9.97. The van der Waals surface area contributed by atoms with E-state index < -0.39 is 0 Å². The molecule has 2 N–H and O–H groups in total. The van der Waals surface area contributed by atoms with Crippen molar-refractivity contribution < 1.29 is 9.53 Å². The maximum Gasteiger partial charge on any atom is 0.253 e. The number of fused-ring (bicyclic) bond motifs is 1. The van der Waals surface area contributed by atoms with Crippen LogP contribution in [0.4, 0.5) is 0 Å². The number of carbonyl (C=O) groups is 1. The Bertz CT molecular complexity index is 592. The fourth-order valence-corrected chi connectivity index (χ4v) is 2.99. The summed E-state index contributed by atoms with van der Waals surface area (Å²) in [6.45, 7) is 6.02. The van der Waals surface area contributed by atoms with E-state index in [4.69, 9.17) is 10.5 Å². The van der Waals surface area contributed by atoms with Gasteiger partial charge in [-0.3, -0.25) is 4.79 Å². The molecule has 1 aromatic rings. The topological polar surface area (TPSA) is 55.6 Å². The van der Waals surface area contributed by atoms with Crippen LogP contribution in [0.25, 0.3) is 6.08 Å². The van der Waals surface area contributed by atoms with E-state index in [2.05, 4.69) is 13.8 Å². The molecule has 3 rings (SSSR count). The van der Waals surface area contributed by atoms with Crippen LogP contribution in [-0.4, -0.2) is 36.5 Å². The van der Waals surface area contributed by atoms with Crippen molar-refractivity contribution in [2.24, 2.45) is 11.1 Å². The molecule has 1 fully saturated rings. The molecule has 0 aromatic heterocycles. The lowest BCUT2D eigenvalue weighted by atomic mass is 9.79. The molecule has 0 radical (unpaired) electrons. The Kier molecular flexibility index (Phi) is 3.49. The molecule has 4 nitrogen and oxygen atoms in total. The predicted octanol–water partition coefficient (Wildman–Crippen LogP) is 2.05. The summed E-state index contributed by atoms with van der Waals surface area (Å²) in [7, 11) is 0. The van der Waals surface area contributed by atoms with Gasteiger partial charge in [-0.15, -0.1) is 0 Å². The highest BCUT2D eigenvalue weighted by molar-refractivity contribution is 5.99. The van der Waals surface area contributed by atoms with Gasteiger partial charge in [-0.2, -0.15) is 0 Å². The van der Waals surface area contributed by atoms with Crippen LogP contribution in [-0.2, 0) is 4.79 Å². The van der Waals surface area contributed by atoms with Crippen LogP contribution in [0.15, 0.2) is 29.8 Å². The van der Waals surface area contributed by atoms with Crippen LogP contribution in [0.1, 0.15) is 25.8 Å². The molecule has 1 saturated heterocycles. The molecule has 21 heavy (non-hydrogen) atoms. The van der Waals surface area contributed by atoms with Gasteiger partial charge >= 0.3 is 0 Å². The van der Waals surface area contributed by atoms with Crippen molar-refractivity contribution in [2.75, 3.05) is 19.7 Å². The summed E-state index contributed by atoms with van der Waals surface area (Å²) in [6.07, 6.45) is 2.80. The zero-order valence-electron chi connectivity index (χ0n) is 12.6. The molecular formula is C17H22N2O2. The number of hydrogen-bond donors (Lipinski definition) is 1. The lowest BCUT2D eigenvalue weighted by Gasteiger charge is -2.43. The van der Waals surface area contributed by atoms with E-state index in [1.807, 2.05) is 35.2 Å². The summed E-state index contributed by atoms with van der Waals surface area (Å²) < 4.78 is 5.68. The first-order valence-electron chi connectivity index (χ1n) is 7.45. The first kappa shape index (κ1) is 14.1. The molecule has 2 aliphatic rings. The molecule has 112 valence electrons. The van der Waals surface area contributed by atoms with Gasteiger partial charge in [-0.05, 0) is 24.0 Å². The lowest BCUT2D eigenvalue weighted by Crippen LogP contribution is -2.54. The van der Waals surface area contributed by atoms with Crippen LogP contribution >= 0.6 is 0 Å². The average Bonchev–Trinajstić information content (AvgIpc) is 2.48. The molecular weight excluding hydrogens is 264 g/mol. The number of piperidine rings is 1. The quantitative estimate of drug-likeness (QED) is 0.859. The Morgan fingerprint density at radius 2 is 2.14 bits per heavy atom. The van der Waals surface area contributed by atoms with Crippen LogP contribution < -0.4 is 10.5 Å². The Morgan fingerprint density at radius 3 is 2.90 bits per heavy atom. The maximum absolute atomic E-state index is 12.7. The third kappa shape index (κ3) is 2.68.